The summed E-state index contributed by atoms with van der Waals surface area (Å²) in [6, 6.07) is 17.0. The second kappa shape index (κ2) is 8.09. The first-order chi connectivity index (χ1) is 12.9. The molecule has 0 aliphatic carbocycles. The third-order valence-corrected chi connectivity index (χ3v) is 4.98. The Balaban J connectivity index is 1.35. The first-order valence-corrected chi connectivity index (χ1v) is 9.44. The number of nitrogens with zero attached hydrogens (tertiary/aromatic N) is 2. The summed E-state index contributed by atoms with van der Waals surface area (Å²) < 4.78 is 6.05. The van der Waals surface area contributed by atoms with E-state index in [0.717, 1.165) is 23.4 Å². The highest BCUT2D eigenvalue weighted by molar-refractivity contribution is 5.66. The molecule has 0 spiro atoms. The molecule has 1 fully saturated rings. The molecule has 0 unspecified atom stereocenters. The summed E-state index contributed by atoms with van der Waals surface area (Å²) in [7, 11) is 0. The van der Waals surface area contributed by atoms with Crippen molar-refractivity contribution in [2.45, 2.75) is 25.7 Å². The number of benzene rings is 2. The van der Waals surface area contributed by atoms with Crippen molar-refractivity contribution in [1.29, 1.82) is 0 Å². The van der Waals surface area contributed by atoms with Gasteiger partial charge in [0.15, 0.2) is 0 Å². The van der Waals surface area contributed by atoms with Crippen LogP contribution >= 0.6 is 0 Å². The number of nitrogens with one attached hydrogen (secondary N) is 1. The minimum Gasteiger partial charge on any atom is -0.493 e. The SMILES string of the molecule is c1ccc(-c2cnc[nH]2)c(OCCc2ccc(N3CCCCC3)cc2)c1. The molecule has 0 amide bonds. The van der Waals surface area contributed by atoms with Crippen LogP contribution in [0.5, 0.6) is 5.75 Å². The van der Waals surface area contributed by atoms with Gasteiger partial charge in [-0.3, -0.25) is 0 Å². The Hall–Kier alpha value is -2.75. The van der Waals surface area contributed by atoms with Gasteiger partial charge in [-0.25, -0.2) is 4.98 Å². The Labute approximate surface area is 154 Å². The van der Waals surface area contributed by atoms with Gasteiger partial charge in [0.05, 0.1) is 24.8 Å². The Morgan fingerprint density at radius 3 is 2.54 bits per heavy atom. The molecule has 1 aromatic heterocycles. The van der Waals surface area contributed by atoms with Crippen LogP contribution in [0.1, 0.15) is 24.8 Å². The van der Waals surface area contributed by atoms with Crippen LogP contribution in [0.2, 0.25) is 0 Å². The Morgan fingerprint density at radius 1 is 0.962 bits per heavy atom. The van der Waals surface area contributed by atoms with Gasteiger partial charge < -0.3 is 14.6 Å². The lowest BCUT2D eigenvalue weighted by molar-refractivity contribution is 0.323. The number of para-hydroxylation sites is 1. The maximum absolute atomic E-state index is 6.05. The normalized spacial score (nSPS) is 14.4. The van der Waals surface area contributed by atoms with E-state index in [1.54, 1.807) is 6.33 Å². The van der Waals surface area contributed by atoms with Gasteiger partial charge in [-0.1, -0.05) is 24.3 Å². The van der Waals surface area contributed by atoms with Crippen molar-refractivity contribution in [1.82, 2.24) is 9.97 Å². The van der Waals surface area contributed by atoms with E-state index in [9.17, 15) is 0 Å². The van der Waals surface area contributed by atoms with Gasteiger partial charge >= 0.3 is 0 Å². The lowest BCUT2D eigenvalue weighted by atomic mass is 10.1. The van der Waals surface area contributed by atoms with E-state index >= 15 is 0 Å². The Bertz CT molecular complexity index is 806. The summed E-state index contributed by atoms with van der Waals surface area (Å²) >= 11 is 0. The number of piperidine rings is 1. The molecule has 0 saturated carbocycles. The fraction of sp³-hybridized carbons (Fsp3) is 0.318. The maximum Gasteiger partial charge on any atom is 0.128 e. The van der Waals surface area contributed by atoms with Gasteiger partial charge in [0.1, 0.15) is 5.75 Å². The summed E-state index contributed by atoms with van der Waals surface area (Å²) in [5.41, 5.74) is 4.68. The van der Waals surface area contributed by atoms with Crippen LogP contribution < -0.4 is 9.64 Å². The molecule has 1 N–H and O–H groups in total. The van der Waals surface area contributed by atoms with Crippen LogP contribution in [0.3, 0.4) is 0 Å². The van der Waals surface area contributed by atoms with Gasteiger partial charge in [0.2, 0.25) is 0 Å². The Morgan fingerprint density at radius 2 is 1.77 bits per heavy atom. The molecular weight excluding hydrogens is 322 g/mol. The van der Waals surface area contributed by atoms with Crippen molar-refractivity contribution in [3.8, 4) is 17.0 Å². The molecule has 26 heavy (non-hydrogen) atoms. The van der Waals surface area contributed by atoms with Crippen molar-refractivity contribution in [2.24, 2.45) is 0 Å². The summed E-state index contributed by atoms with van der Waals surface area (Å²) in [6.07, 6.45) is 8.40. The molecule has 134 valence electrons. The average Bonchev–Trinajstić information content (AvgIpc) is 3.24. The molecule has 4 heteroatoms. The van der Waals surface area contributed by atoms with E-state index in [4.69, 9.17) is 4.74 Å². The zero-order chi connectivity index (χ0) is 17.6. The first-order valence-electron chi connectivity index (χ1n) is 9.44. The van der Waals surface area contributed by atoms with Crippen LogP contribution in [0, 0.1) is 0 Å². The highest BCUT2D eigenvalue weighted by atomic mass is 16.5. The number of ether oxygens (including phenoxy) is 1. The molecule has 2 heterocycles. The first kappa shape index (κ1) is 16.7. The van der Waals surface area contributed by atoms with Crippen LogP contribution in [0.25, 0.3) is 11.3 Å². The van der Waals surface area contributed by atoms with E-state index in [0.29, 0.717) is 6.61 Å². The molecule has 2 aromatic carbocycles. The second-order valence-corrected chi connectivity index (χ2v) is 6.77. The number of anilines is 1. The number of rotatable bonds is 6. The topological polar surface area (TPSA) is 41.1 Å². The monoisotopic (exact) mass is 347 g/mol. The minimum absolute atomic E-state index is 0.661. The molecule has 0 radical (unpaired) electrons. The van der Waals surface area contributed by atoms with Crippen molar-refractivity contribution in [2.75, 3.05) is 24.6 Å². The lowest BCUT2D eigenvalue weighted by Gasteiger charge is -2.28. The number of imidazole rings is 1. The van der Waals surface area contributed by atoms with Gasteiger partial charge in [-0.05, 0) is 49.1 Å². The molecule has 3 aromatic rings. The molecule has 4 nitrogen and oxygen atoms in total. The quantitative estimate of drug-likeness (QED) is 0.703. The second-order valence-electron chi connectivity index (χ2n) is 6.77. The third-order valence-electron chi connectivity index (χ3n) is 4.98. The van der Waals surface area contributed by atoms with Crippen molar-refractivity contribution in [3.05, 3.63) is 66.6 Å². The van der Waals surface area contributed by atoms with Gasteiger partial charge in [0, 0.05) is 30.8 Å². The Kier molecular flexibility index (Phi) is 5.19. The van der Waals surface area contributed by atoms with Gasteiger partial charge in [0.25, 0.3) is 0 Å². The van der Waals surface area contributed by atoms with Gasteiger partial charge in [-0.2, -0.15) is 0 Å². The summed E-state index contributed by atoms with van der Waals surface area (Å²) in [5, 5.41) is 0. The van der Waals surface area contributed by atoms with Crippen molar-refractivity contribution < 1.29 is 4.74 Å². The molecule has 1 aliphatic heterocycles. The predicted molar refractivity (Wildman–Crippen MR) is 106 cm³/mol. The molecule has 0 atom stereocenters. The lowest BCUT2D eigenvalue weighted by Crippen LogP contribution is -2.29. The van der Waals surface area contributed by atoms with Crippen LogP contribution in [0.15, 0.2) is 61.1 Å². The van der Waals surface area contributed by atoms with Crippen LogP contribution in [0.4, 0.5) is 5.69 Å². The van der Waals surface area contributed by atoms with Crippen LogP contribution in [-0.4, -0.2) is 29.7 Å². The smallest absolute Gasteiger partial charge is 0.128 e. The third kappa shape index (κ3) is 3.90. The summed E-state index contributed by atoms with van der Waals surface area (Å²) in [6.45, 7) is 3.04. The highest BCUT2D eigenvalue weighted by Crippen LogP contribution is 2.28. The minimum atomic E-state index is 0.661. The van der Waals surface area contributed by atoms with Crippen LogP contribution in [-0.2, 0) is 6.42 Å². The maximum atomic E-state index is 6.05. The molecular formula is C22H25N3O. The zero-order valence-electron chi connectivity index (χ0n) is 15.0. The van der Waals surface area contributed by atoms with Gasteiger partial charge in [-0.15, -0.1) is 0 Å². The fourth-order valence-corrected chi connectivity index (χ4v) is 3.52. The molecule has 1 saturated heterocycles. The van der Waals surface area contributed by atoms with E-state index in [-0.39, 0.29) is 0 Å². The molecule has 0 bridgehead atoms. The molecule has 4 rings (SSSR count). The van der Waals surface area contributed by atoms with Crippen molar-refractivity contribution in [3.63, 3.8) is 0 Å². The van der Waals surface area contributed by atoms with E-state index in [1.165, 1.54) is 43.6 Å². The van der Waals surface area contributed by atoms with E-state index in [2.05, 4.69) is 45.2 Å². The number of hydrogen-bond acceptors (Lipinski definition) is 3. The standard InChI is InChI=1S/C22H25N3O/c1-4-13-25(14-5-1)19-10-8-18(9-11-19)12-15-26-22-7-3-2-6-20(22)21-16-23-17-24-21/h2-3,6-11,16-17H,1,4-5,12-15H2,(H,23,24). The largest absolute Gasteiger partial charge is 0.493 e. The number of H-pyrrole nitrogens is 1. The zero-order valence-corrected chi connectivity index (χ0v) is 15.0. The number of aromatic nitrogens is 2. The summed E-state index contributed by atoms with van der Waals surface area (Å²) in [4.78, 5) is 9.73. The van der Waals surface area contributed by atoms with E-state index in [1.807, 2.05) is 24.4 Å². The van der Waals surface area contributed by atoms with Crippen molar-refractivity contribution >= 4 is 5.69 Å². The number of aromatic amines is 1. The molecule has 1 aliphatic rings. The highest BCUT2D eigenvalue weighted by Gasteiger charge is 2.11. The summed E-state index contributed by atoms with van der Waals surface area (Å²) in [5.74, 6) is 0.890. The fourth-order valence-electron chi connectivity index (χ4n) is 3.52. The predicted octanol–water partition coefficient (Wildman–Crippen LogP) is 4.69. The van der Waals surface area contributed by atoms with E-state index < -0.39 is 0 Å². The number of hydrogen-bond donors (Lipinski definition) is 1. The average molecular weight is 347 g/mol.